The molecule has 0 aliphatic carbocycles. The fourth-order valence-corrected chi connectivity index (χ4v) is 2.56. The van der Waals surface area contributed by atoms with Crippen molar-refractivity contribution in [1.29, 1.82) is 0 Å². The van der Waals surface area contributed by atoms with E-state index in [0.717, 1.165) is 35.9 Å². The summed E-state index contributed by atoms with van der Waals surface area (Å²) in [6.45, 7) is 1.70. The van der Waals surface area contributed by atoms with Gasteiger partial charge in [-0.2, -0.15) is 0 Å². The maximum absolute atomic E-state index is 5.88. The minimum Gasteiger partial charge on any atom is -0.330 e. The quantitative estimate of drug-likeness (QED) is 0.730. The molecule has 0 saturated carbocycles. The lowest BCUT2D eigenvalue weighted by Gasteiger charge is -2.05. The molecular formula is C17H18ClN3. The van der Waals surface area contributed by atoms with Crippen LogP contribution in [0.2, 0.25) is 5.02 Å². The molecule has 3 rings (SSSR count). The normalized spacial score (nSPS) is 11.1. The zero-order chi connectivity index (χ0) is 14.7. The first-order valence-electron chi connectivity index (χ1n) is 7.09. The molecule has 0 unspecified atom stereocenters. The molecule has 0 spiro atoms. The van der Waals surface area contributed by atoms with Gasteiger partial charge in [-0.05, 0) is 42.8 Å². The van der Waals surface area contributed by atoms with Crippen LogP contribution in [0.5, 0.6) is 0 Å². The number of imidazole rings is 1. The van der Waals surface area contributed by atoms with Gasteiger partial charge in [0.15, 0.2) is 0 Å². The summed E-state index contributed by atoms with van der Waals surface area (Å²) in [5, 5.41) is 4.23. The molecule has 1 heterocycles. The van der Waals surface area contributed by atoms with E-state index in [1.807, 2.05) is 30.3 Å². The van der Waals surface area contributed by atoms with Crippen LogP contribution in [0.1, 0.15) is 11.4 Å². The van der Waals surface area contributed by atoms with Gasteiger partial charge in [0.05, 0.1) is 17.6 Å². The zero-order valence-electron chi connectivity index (χ0n) is 12.0. The molecule has 0 aliphatic heterocycles. The van der Waals surface area contributed by atoms with E-state index >= 15 is 0 Å². The highest BCUT2D eigenvalue weighted by Gasteiger charge is 2.05. The van der Waals surface area contributed by atoms with Gasteiger partial charge in [-0.15, -0.1) is 0 Å². The molecular weight excluding hydrogens is 282 g/mol. The number of aromatic nitrogens is 2. The van der Waals surface area contributed by atoms with Crippen molar-refractivity contribution in [2.45, 2.75) is 13.0 Å². The van der Waals surface area contributed by atoms with Crippen molar-refractivity contribution < 1.29 is 0 Å². The van der Waals surface area contributed by atoms with Crippen molar-refractivity contribution in [3.05, 3.63) is 64.9 Å². The van der Waals surface area contributed by atoms with Gasteiger partial charge in [-0.3, -0.25) is 0 Å². The number of rotatable bonds is 5. The average Bonchev–Trinajstić information content (AvgIpc) is 2.82. The number of hydrogen-bond donors (Lipinski definition) is 1. The maximum Gasteiger partial charge on any atom is 0.123 e. The first-order chi connectivity index (χ1) is 10.2. The molecule has 108 valence electrons. The number of nitrogens with zero attached hydrogens (tertiary/aromatic N) is 2. The monoisotopic (exact) mass is 299 g/mol. The highest BCUT2D eigenvalue weighted by molar-refractivity contribution is 6.30. The second kappa shape index (κ2) is 6.29. The van der Waals surface area contributed by atoms with Gasteiger partial charge >= 0.3 is 0 Å². The van der Waals surface area contributed by atoms with E-state index in [1.54, 1.807) is 0 Å². The molecule has 0 fully saturated rings. The van der Waals surface area contributed by atoms with Crippen LogP contribution in [0.15, 0.2) is 48.5 Å². The molecule has 0 amide bonds. The molecule has 0 bridgehead atoms. The van der Waals surface area contributed by atoms with Gasteiger partial charge in [0.2, 0.25) is 0 Å². The van der Waals surface area contributed by atoms with E-state index in [0.29, 0.717) is 0 Å². The molecule has 0 radical (unpaired) electrons. The minimum atomic E-state index is 0.777. The van der Waals surface area contributed by atoms with E-state index in [4.69, 9.17) is 11.6 Å². The lowest BCUT2D eigenvalue weighted by molar-refractivity contribution is 0.642. The van der Waals surface area contributed by atoms with Gasteiger partial charge < -0.3 is 9.88 Å². The SMILES string of the molecule is Cn1c(CNCCc2ccc(Cl)cc2)nc2ccccc21. The summed E-state index contributed by atoms with van der Waals surface area (Å²) < 4.78 is 2.14. The summed E-state index contributed by atoms with van der Waals surface area (Å²) in [6.07, 6.45) is 0.987. The molecule has 1 N–H and O–H groups in total. The molecule has 2 aromatic carbocycles. The van der Waals surface area contributed by atoms with Crippen LogP contribution in [-0.2, 0) is 20.0 Å². The first kappa shape index (κ1) is 14.1. The Morgan fingerprint density at radius 2 is 1.86 bits per heavy atom. The van der Waals surface area contributed by atoms with Gasteiger partial charge in [0.25, 0.3) is 0 Å². The van der Waals surface area contributed by atoms with E-state index in [9.17, 15) is 0 Å². The molecule has 3 nitrogen and oxygen atoms in total. The Hall–Kier alpha value is -1.84. The summed E-state index contributed by atoms with van der Waals surface area (Å²) in [5.74, 6) is 1.06. The van der Waals surface area contributed by atoms with Gasteiger partial charge in [-0.1, -0.05) is 35.9 Å². The van der Waals surface area contributed by atoms with Crippen molar-refractivity contribution in [3.63, 3.8) is 0 Å². The smallest absolute Gasteiger partial charge is 0.123 e. The number of para-hydroxylation sites is 2. The van der Waals surface area contributed by atoms with Gasteiger partial charge in [0.1, 0.15) is 5.82 Å². The minimum absolute atomic E-state index is 0.777. The number of aryl methyl sites for hydroxylation is 1. The first-order valence-corrected chi connectivity index (χ1v) is 7.47. The molecule has 3 aromatic rings. The fourth-order valence-electron chi connectivity index (χ4n) is 2.44. The average molecular weight is 300 g/mol. The predicted molar refractivity (Wildman–Crippen MR) is 87.6 cm³/mol. The van der Waals surface area contributed by atoms with Crippen LogP contribution in [0, 0.1) is 0 Å². The number of fused-ring (bicyclic) bond motifs is 1. The van der Waals surface area contributed by atoms with Crippen molar-refractivity contribution in [2.24, 2.45) is 7.05 Å². The third-order valence-corrected chi connectivity index (χ3v) is 3.92. The van der Waals surface area contributed by atoms with Crippen LogP contribution in [0.25, 0.3) is 11.0 Å². The Morgan fingerprint density at radius 3 is 2.62 bits per heavy atom. The van der Waals surface area contributed by atoms with E-state index in [-0.39, 0.29) is 0 Å². The molecule has 1 aromatic heterocycles. The van der Waals surface area contributed by atoms with Crippen LogP contribution in [-0.4, -0.2) is 16.1 Å². The van der Waals surface area contributed by atoms with Crippen molar-refractivity contribution in [1.82, 2.24) is 14.9 Å². The highest BCUT2D eigenvalue weighted by Crippen LogP contribution is 2.14. The maximum atomic E-state index is 5.88. The van der Waals surface area contributed by atoms with Crippen LogP contribution < -0.4 is 5.32 Å². The van der Waals surface area contributed by atoms with Crippen molar-refractivity contribution >= 4 is 22.6 Å². The molecule has 0 saturated heterocycles. The Morgan fingerprint density at radius 1 is 1.10 bits per heavy atom. The van der Waals surface area contributed by atoms with E-state index in [1.165, 1.54) is 11.1 Å². The van der Waals surface area contributed by atoms with Gasteiger partial charge in [0, 0.05) is 12.1 Å². The Bertz CT molecular complexity index is 731. The number of halogens is 1. The summed E-state index contributed by atoms with van der Waals surface area (Å²) in [4.78, 5) is 4.65. The highest BCUT2D eigenvalue weighted by atomic mass is 35.5. The molecule has 4 heteroatoms. The predicted octanol–water partition coefficient (Wildman–Crippen LogP) is 3.56. The molecule has 0 aliphatic rings. The third-order valence-electron chi connectivity index (χ3n) is 3.67. The van der Waals surface area contributed by atoms with E-state index < -0.39 is 0 Å². The van der Waals surface area contributed by atoms with Crippen molar-refractivity contribution in [2.75, 3.05) is 6.54 Å². The molecule has 21 heavy (non-hydrogen) atoms. The third kappa shape index (κ3) is 3.26. The fraction of sp³-hybridized carbons (Fsp3) is 0.235. The topological polar surface area (TPSA) is 29.9 Å². The summed E-state index contributed by atoms with van der Waals surface area (Å²) in [5.41, 5.74) is 3.51. The van der Waals surface area contributed by atoms with Gasteiger partial charge in [-0.25, -0.2) is 4.98 Å². The zero-order valence-corrected chi connectivity index (χ0v) is 12.8. The van der Waals surface area contributed by atoms with Crippen molar-refractivity contribution in [3.8, 4) is 0 Å². The summed E-state index contributed by atoms with van der Waals surface area (Å²) >= 11 is 5.88. The summed E-state index contributed by atoms with van der Waals surface area (Å²) in [6, 6.07) is 16.2. The van der Waals surface area contributed by atoms with Crippen LogP contribution in [0.4, 0.5) is 0 Å². The van der Waals surface area contributed by atoms with E-state index in [2.05, 4.69) is 40.1 Å². The standard InChI is InChI=1S/C17H18ClN3/c1-21-16-5-3-2-4-15(16)20-17(21)12-19-11-10-13-6-8-14(18)9-7-13/h2-9,19H,10-12H2,1H3. The Labute approximate surface area is 129 Å². The van der Waals surface area contributed by atoms with Crippen LogP contribution in [0.3, 0.4) is 0 Å². The summed E-state index contributed by atoms with van der Waals surface area (Å²) in [7, 11) is 2.06. The second-order valence-electron chi connectivity index (χ2n) is 5.13. The number of benzene rings is 2. The lowest BCUT2D eigenvalue weighted by Crippen LogP contribution is -2.19. The Kier molecular flexibility index (Phi) is 4.23. The molecule has 0 atom stereocenters. The van der Waals surface area contributed by atoms with Crippen LogP contribution >= 0.6 is 11.6 Å². The largest absolute Gasteiger partial charge is 0.330 e. The lowest BCUT2D eigenvalue weighted by atomic mass is 10.1. The number of nitrogens with one attached hydrogen (secondary N) is 1. The second-order valence-corrected chi connectivity index (χ2v) is 5.57. The number of hydrogen-bond acceptors (Lipinski definition) is 2. The Balaban J connectivity index is 1.57.